The summed E-state index contributed by atoms with van der Waals surface area (Å²) in [6.07, 6.45) is 3.43. The number of rotatable bonds is 0. The van der Waals surface area contributed by atoms with E-state index in [2.05, 4.69) is 27.7 Å². The predicted molar refractivity (Wildman–Crippen MR) is 65.5 cm³/mol. The Morgan fingerprint density at radius 1 is 1.00 bits per heavy atom. The van der Waals surface area contributed by atoms with Crippen LogP contribution in [0.5, 0.6) is 0 Å². The molecule has 0 heterocycles. The second-order valence-corrected chi connectivity index (χ2v) is 7.53. The third-order valence-corrected chi connectivity index (χ3v) is 6.31. The van der Waals surface area contributed by atoms with Crippen LogP contribution < -0.4 is 0 Å². The molecule has 3 aliphatic rings. The summed E-state index contributed by atoms with van der Waals surface area (Å²) < 4.78 is 0. The quantitative estimate of drug-likeness (QED) is 0.645. The molecule has 1 spiro atoms. The first kappa shape index (κ1) is 11.4. The van der Waals surface area contributed by atoms with Gasteiger partial charge in [0.25, 0.3) is 0 Å². The van der Waals surface area contributed by atoms with Crippen molar-refractivity contribution in [1.29, 1.82) is 0 Å². The molecule has 0 radical (unpaired) electrons. The molecule has 0 aliphatic heterocycles. The number of carbonyl (C=O) groups excluding carboxylic acids is 2. The second-order valence-electron chi connectivity index (χ2n) is 7.53. The van der Waals surface area contributed by atoms with Gasteiger partial charge in [-0.2, -0.15) is 0 Å². The Morgan fingerprint density at radius 2 is 1.59 bits per heavy atom. The van der Waals surface area contributed by atoms with Crippen molar-refractivity contribution in [3.8, 4) is 0 Å². The van der Waals surface area contributed by atoms with E-state index in [1.165, 1.54) is 0 Å². The molecule has 0 aromatic heterocycles. The fourth-order valence-electron chi connectivity index (χ4n) is 5.58. The number of carbonyl (C=O) groups is 2. The maximum Gasteiger partial charge on any atom is 0.137 e. The molecule has 0 bridgehead atoms. The van der Waals surface area contributed by atoms with Crippen LogP contribution >= 0.6 is 0 Å². The average Bonchev–Trinajstić information content (AvgIpc) is 2.66. The zero-order chi connectivity index (χ0) is 12.6. The SMILES string of the molecule is C[C@H]1C(=O)C[C@@]2(C)CC(=O)[C@@H]3C(C)(C)CC[C@]312. The van der Waals surface area contributed by atoms with Crippen molar-refractivity contribution in [2.24, 2.45) is 28.1 Å². The van der Waals surface area contributed by atoms with Gasteiger partial charge in [-0.25, -0.2) is 0 Å². The van der Waals surface area contributed by atoms with Gasteiger partial charge in [-0.3, -0.25) is 9.59 Å². The fourth-order valence-corrected chi connectivity index (χ4v) is 5.58. The van der Waals surface area contributed by atoms with E-state index in [-0.39, 0.29) is 28.1 Å². The molecule has 2 heteroatoms. The molecule has 0 amide bonds. The van der Waals surface area contributed by atoms with E-state index in [0.29, 0.717) is 24.4 Å². The third-order valence-electron chi connectivity index (χ3n) is 6.31. The van der Waals surface area contributed by atoms with E-state index in [1.54, 1.807) is 0 Å². The molecule has 0 unspecified atom stereocenters. The van der Waals surface area contributed by atoms with Crippen LogP contribution in [-0.4, -0.2) is 11.6 Å². The summed E-state index contributed by atoms with van der Waals surface area (Å²) in [6, 6.07) is 0. The van der Waals surface area contributed by atoms with E-state index in [9.17, 15) is 9.59 Å². The summed E-state index contributed by atoms with van der Waals surface area (Å²) in [5.41, 5.74) is 0.0391. The Hall–Kier alpha value is -0.660. The molecule has 2 nitrogen and oxygen atoms in total. The summed E-state index contributed by atoms with van der Waals surface area (Å²) in [5.74, 6) is 1.03. The summed E-state index contributed by atoms with van der Waals surface area (Å²) >= 11 is 0. The molecule has 0 saturated heterocycles. The lowest BCUT2D eigenvalue weighted by Gasteiger charge is -2.41. The first-order chi connectivity index (χ1) is 7.75. The van der Waals surface area contributed by atoms with Gasteiger partial charge in [0.15, 0.2) is 0 Å². The maximum absolute atomic E-state index is 12.4. The standard InChI is InChI=1S/C15H22O2/c1-9-10(16)7-14(4)8-11(17)12-13(2,3)5-6-15(9,12)14/h9,12H,5-8H2,1-4H3/t9-,12+,14-,15+/m0/s1. The second kappa shape index (κ2) is 2.84. The number of hydrogen-bond acceptors (Lipinski definition) is 2. The van der Waals surface area contributed by atoms with Gasteiger partial charge in [0.2, 0.25) is 0 Å². The third kappa shape index (κ3) is 1.04. The lowest BCUT2D eigenvalue weighted by Crippen LogP contribution is -2.40. The number of ketones is 2. The van der Waals surface area contributed by atoms with Crippen LogP contribution in [0.25, 0.3) is 0 Å². The van der Waals surface area contributed by atoms with Crippen molar-refractivity contribution in [2.75, 3.05) is 0 Å². The molecule has 3 rings (SSSR count). The van der Waals surface area contributed by atoms with Crippen LogP contribution in [0.1, 0.15) is 53.4 Å². The molecule has 0 aromatic carbocycles. The summed E-state index contributed by atoms with van der Waals surface area (Å²) in [5, 5.41) is 0. The van der Waals surface area contributed by atoms with E-state index < -0.39 is 0 Å². The van der Waals surface area contributed by atoms with E-state index in [1.807, 2.05) is 0 Å². The van der Waals surface area contributed by atoms with E-state index in [0.717, 1.165) is 12.8 Å². The van der Waals surface area contributed by atoms with Crippen LogP contribution in [0.3, 0.4) is 0 Å². The Bertz CT molecular complexity index is 423. The Morgan fingerprint density at radius 3 is 2.24 bits per heavy atom. The summed E-state index contributed by atoms with van der Waals surface area (Å²) in [6.45, 7) is 8.69. The first-order valence-corrected chi connectivity index (χ1v) is 6.80. The monoisotopic (exact) mass is 234 g/mol. The van der Waals surface area contributed by atoms with Gasteiger partial charge in [-0.1, -0.05) is 27.7 Å². The molecule has 0 aromatic rings. The molecule has 4 atom stereocenters. The largest absolute Gasteiger partial charge is 0.299 e. The van der Waals surface area contributed by atoms with Crippen LogP contribution in [0.15, 0.2) is 0 Å². The average molecular weight is 234 g/mol. The van der Waals surface area contributed by atoms with Gasteiger partial charge in [-0.15, -0.1) is 0 Å². The lowest BCUT2D eigenvalue weighted by molar-refractivity contribution is -0.128. The predicted octanol–water partition coefficient (Wildman–Crippen LogP) is 3.00. The Kier molecular flexibility index (Phi) is 1.91. The van der Waals surface area contributed by atoms with Crippen LogP contribution in [0.4, 0.5) is 0 Å². The molecule has 0 N–H and O–H groups in total. The van der Waals surface area contributed by atoms with Gasteiger partial charge < -0.3 is 0 Å². The van der Waals surface area contributed by atoms with Crippen LogP contribution in [0, 0.1) is 28.1 Å². The minimum Gasteiger partial charge on any atom is -0.299 e. The highest BCUT2D eigenvalue weighted by Crippen LogP contribution is 2.74. The van der Waals surface area contributed by atoms with E-state index in [4.69, 9.17) is 0 Å². The highest BCUT2D eigenvalue weighted by atomic mass is 16.1. The molecular weight excluding hydrogens is 212 g/mol. The highest BCUT2D eigenvalue weighted by molar-refractivity contribution is 5.94. The van der Waals surface area contributed by atoms with Crippen molar-refractivity contribution >= 4 is 11.6 Å². The fraction of sp³-hybridized carbons (Fsp3) is 0.867. The van der Waals surface area contributed by atoms with Gasteiger partial charge in [0.05, 0.1) is 0 Å². The normalized spacial score (nSPS) is 51.8. The summed E-state index contributed by atoms with van der Waals surface area (Å²) in [7, 11) is 0. The number of hydrogen-bond donors (Lipinski definition) is 0. The van der Waals surface area contributed by atoms with Crippen molar-refractivity contribution in [3.63, 3.8) is 0 Å². The van der Waals surface area contributed by atoms with Crippen LogP contribution in [-0.2, 0) is 9.59 Å². The van der Waals surface area contributed by atoms with Crippen molar-refractivity contribution < 1.29 is 9.59 Å². The zero-order valence-corrected chi connectivity index (χ0v) is 11.3. The Labute approximate surface area is 103 Å². The Balaban J connectivity index is 2.20. The van der Waals surface area contributed by atoms with Gasteiger partial charge in [-0.05, 0) is 29.1 Å². The zero-order valence-electron chi connectivity index (χ0n) is 11.3. The van der Waals surface area contributed by atoms with Crippen LogP contribution in [0.2, 0.25) is 0 Å². The van der Waals surface area contributed by atoms with Gasteiger partial charge >= 0.3 is 0 Å². The smallest absolute Gasteiger partial charge is 0.137 e. The van der Waals surface area contributed by atoms with Gasteiger partial charge in [0.1, 0.15) is 11.6 Å². The van der Waals surface area contributed by atoms with Crippen molar-refractivity contribution in [3.05, 3.63) is 0 Å². The minimum absolute atomic E-state index is 0.00926. The minimum atomic E-state index is -0.0426. The lowest BCUT2D eigenvalue weighted by atomic mass is 9.61. The molecule has 94 valence electrons. The molecule has 17 heavy (non-hydrogen) atoms. The van der Waals surface area contributed by atoms with Crippen molar-refractivity contribution in [1.82, 2.24) is 0 Å². The summed E-state index contributed by atoms with van der Waals surface area (Å²) in [4.78, 5) is 24.6. The van der Waals surface area contributed by atoms with Gasteiger partial charge in [0, 0.05) is 24.7 Å². The molecule has 3 fully saturated rings. The maximum atomic E-state index is 12.4. The first-order valence-electron chi connectivity index (χ1n) is 6.80. The molecule has 3 saturated carbocycles. The highest BCUT2D eigenvalue weighted by Gasteiger charge is 2.73. The number of Topliss-reactive ketones (excluding diaryl/α,β-unsaturated/α-hetero) is 2. The van der Waals surface area contributed by atoms with E-state index >= 15 is 0 Å². The molecular formula is C15H22O2. The molecule has 3 aliphatic carbocycles. The van der Waals surface area contributed by atoms with Crippen molar-refractivity contribution in [2.45, 2.75) is 53.4 Å². The topological polar surface area (TPSA) is 34.1 Å².